The first kappa shape index (κ1) is 16.3. The SMILES string of the molecule is C[C@H](NS(=O)(=O)c1cccc2nsnc12)C(=O)OCC(N)=O. The number of nitrogens with zero attached hydrogens (tertiary/aromatic N) is 2. The molecular formula is C11H12N4O5S2. The van der Waals surface area contributed by atoms with E-state index in [2.05, 4.69) is 18.2 Å². The monoisotopic (exact) mass is 344 g/mol. The van der Waals surface area contributed by atoms with Crippen LogP contribution in [0, 0.1) is 0 Å². The summed E-state index contributed by atoms with van der Waals surface area (Å²) < 4.78 is 39.2. The van der Waals surface area contributed by atoms with Gasteiger partial charge in [-0.2, -0.15) is 13.5 Å². The Labute approximate surface area is 129 Å². The molecule has 0 fully saturated rings. The lowest BCUT2D eigenvalue weighted by atomic mass is 10.3. The molecule has 0 aliphatic carbocycles. The Hall–Kier alpha value is -2.11. The van der Waals surface area contributed by atoms with E-state index in [0.717, 1.165) is 11.7 Å². The summed E-state index contributed by atoms with van der Waals surface area (Å²) in [7, 11) is -4.00. The van der Waals surface area contributed by atoms with Crippen LogP contribution < -0.4 is 10.5 Å². The first-order valence-electron chi connectivity index (χ1n) is 6.00. The van der Waals surface area contributed by atoms with Gasteiger partial charge in [-0.25, -0.2) is 8.42 Å². The zero-order valence-electron chi connectivity index (χ0n) is 11.3. The maximum absolute atomic E-state index is 12.3. The molecule has 22 heavy (non-hydrogen) atoms. The van der Waals surface area contributed by atoms with Gasteiger partial charge in [-0.15, -0.1) is 0 Å². The first-order chi connectivity index (χ1) is 10.3. The van der Waals surface area contributed by atoms with Crippen molar-refractivity contribution < 1.29 is 22.7 Å². The summed E-state index contributed by atoms with van der Waals surface area (Å²) in [6, 6.07) is 3.32. The summed E-state index contributed by atoms with van der Waals surface area (Å²) in [5.41, 5.74) is 5.50. The molecule has 0 unspecified atom stereocenters. The molecule has 2 rings (SSSR count). The summed E-state index contributed by atoms with van der Waals surface area (Å²) >= 11 is 0.884. The second kappa shape index (κ2) is 6.34. The highest BCUT2D eigenvalue weighted by Gasteiger charge is 2.25. The largest absolute Gasteiger partial charge is 0.454 e. The predicted octanol–water partition coefficient (Wildman–Crippen LogP) is -0.613. The number of benzene rings is 1. The molecule has 11 heteroatoms. The van der Waals surface area contributed by atoms with Crippen molar-refractivity contribution in [1.82, 2.24) is 13.5 Å². The van der Waals surface area contributed by atoms with Crippen LogP contribution in [0.3, 0.4) is 0 Å². The van der Waals surface area contributed by atoms with E-state index in [0.29, 0.717) is 5.52 Å². The third kappa shape index (κ3) is 3.55. The Morgan fingerprint density at radius 3 is 2.82 bits per heavy atom. The van der Waals surface area contributed by atoms with Crippen molar-refractivity contribution in [3.05, 3.63) is 18.2 Å². The molecule has 118 valence electrons. The van der Waals surface area contributed by atoms with Crippen LogP contribution in [0.5, 0.6) is 0 Å². The van der Waals surface area contributed by atoms with Crippen LogP contribution in [0.2, 0.25) is 0 Å². The van der Waals surface area contributed by atoms with Gasteiger partial charge >= 0.3 is 5.97 Å². The number of hydrogen-bond acceptors (Lipinski definition) is 8. The standard InChI is InChI=1S/C11H12N4O5S2/c1-6(11(17)20-5-9(12)16)15-22(18,19)8-4-2-3-7-10(8)14-21-13-7/h2-4,6,15H,5H2,1H3,(H2,12,16)/t6-/m0/s1. The molecule has 0 radical (unpaired) electrons. The second-order valence-electron chi connectivity index (χ2n) is 4.31. The summed E-state index contributed by atoms with van der Waals surface area (Å²) in [5.74, 6) is -1.74. The number of esters is 1. The normalized spacial score (nSPS) is 13.0. The molecule has 3 N–H and O–H groups in total. The van der Waals surface area contributed by atoms with E-state index in [1.807, 2.05) is 0 Å². The highest BCUT2D eigenvalue weighted by atomic mass is 32.2. The van der Waals surface area contributed by atoms with E-state index in [1.165, 1.54) is 19.1 Å². The van der Waals surface area contributed by atoms with Crippen LogP contribution in [-0.4, -0.2) is 41.7 Å². The Morgan fingerprint density at radius 1 is 1.41 bits per heavy atom. The average molecular weight is 344 g/mol. The molecule has 0 saturated heterocycles. The van der Waals surface area contributed by atoms with Crippen molar-refractivity contribution >= 4 is 44.7 Å². The molecule has 0 aliphatic heterocycles. The summed E-state index contributed by atoms with van der Waals surface area (Å²) in [6.45, 7) is 0.677. The van der Waals surface area contributed by atoms with E-state index >= 15 is 0 Å². The van der Waals surface area contributed by atoms with Gasteiger partial charge < -0.3 is 10.5 Å². The fourth-order valence-electron chi connectivity index (χ4n) is 1.61. The lowest BCUT2D eigenvalue weighted by molar-refractivity contribution is -0.149. The van der Waals surface area contributed by atoms with Crippen molar-refractivity contribution in [2.45, 2.75) is 17.9 Å². The number of aromatic nitrogens is 2. The highest BCUT2D eigenvalue weighted by molar-refractivity contribution is 7.89. The van der Waals surface area contributed by atoms with Crippen LogP contribution in [0.15, 0.2) is 23.1 Å². The van der Waals surface area contributed by atoms with Crippen molar-refractivity contribution in [1.29, 1.82) is 0 Å². The lowest BCUT2D eigenvalue weighted by Gasteiger charge is -2.13. The van der Waals surface area contributed by atoms with Crippen molar-refractivity contribution in [2.75, 3.05) is 6.61 Å². The maximum atomic E-state index is 12.3. The van der Waals surface area contributed by atoms with Gasteiger partial charge in [-0.05, 0) is 19.1 Å². The van der Waals surface area contributed by atoms with E-state index in [1.54, 1.807) is 6.07 Å². The van der Waals surface area contributed by atoms with Gasteiger partial charge in [0.25, 0.3) is 5.91 Å². The molecule has 1 aromatic heterocycles. The number of sulfonamides is 1. The van der Waals surface area contributed by atoms with E-state index in [9.17, 15) is 18.0 Å². The minimum absolute atomic E-state index is 0.0895. The molecule has 1 atom stereocenters. The minimum Gasteiger partial charge on any atom is -0.454 e. The van der Waals surface area contributed by atoms with Crippen LogP contribution in [0.1, 0.15) is 6.92 Å². The molecule has 2 aromatic rings. The van der Waals surface area contributed by atoms with E-state index in [-0.39, 0.29) is 10.4 Å². The molecule has 0 aliphatic rings. The van der Waals surface area contributed by atoms with Crippen molar-refractivity contribution in [2.24, 2.45) is 5.73 Å². The van der Waals surface area contributed by atoms with Crippen LogP contribution in [-0.2, 0) is 24.3 Å². The number of amides is 1. The summed E-state index contributed by atoms with van der Waals surface area (Å²) in [5, 5.41) is 0. The third-order valence-corrected chi connectivity index (χ3v) is 4.70. The van der Waals surface area contributed by atoms with Gasteiger partial charge in [-0.1, -0.05) is 6.07 Å². The third-order valence-electron chi connectivity index (χ3n) is 2.58. The molecular weight excluding hydrogens is 332 g/mol. The number of hydrogen-bond donors (Lipinski definition) is 2. The van der Waals surface area contributed by atoms with Crippen molar-refractivity contribution in [3.63, 3.8) is 0 Å². The number of nitrogens with two attached hydrogens (primary N) is 1. The van der Waals surface area contributed by atoms with Gasteiger partial charge in [-0.3, -0.25) is 9.59 Å². The van der Waals surface area contributed by atoms with Gasteiger partial charge in [0.15, 0.2) is 6.61 Å². The number of rotatable bonds is 6. The summed E-state index contributed by atoms with van der Waals surface area (Å²) in [6.07, 6.45) is 0. The van der Waals surface area contributed by atoms with Crippen LogP contribution in [0.4, 0.5) is 0 Å². The number of nitrogens with one attached hydrogen (secondary N) is 1. The number of carbonyl (C=O) groups is 2. The molecule has 0 spiro atoms. The Bertz CT molecular complexity index is 817. The zero-order chi connectivity index (χ0) is 16.3. The number of ether oxygens (including phenoxy) is 1. The quantitative estimate of drug-likeness (QED) is 0.665. The van der Waals surface area contributed by atoms with Gasteiger partial charge in [0.05, 0.1) is 11.7 Å². The maximum Gasteiger partial charge on any atom is 0.324 e. The fraction of sp³-hybridized carbons (Fsp3) is 0.273. The minimum atomic E-state index is -4.00. The van der Waals surface area contributed by atoms with E-state index in [4.69, 9.17) is 5.73 Å². The number of fused-ring (bicyclic) bond motifs is 1. The first-order valence-corrected chi connectivity index (χ1v) is 8.21. The molecule has 1 amide bonds. The van der Waals surface area contributed by atoms with Gasteiger partial charge in [0, 0.05) is 0 Å². The highest BCUT2D eigenvalue weighted by Crippen LogP contribution is 2.21. The smallest absolute Gasteiger partial charge is 0.324 e. The molecule has 9 nitrogen and oxygen atoms in total. The molecule has 1 aromatic carbocycles. The molecule has 1 heterocycles. The van der Waals surface area contributed by atoms with Crippen LogP contribution in [0.25, 0.3) is 11.0 Å². The molecule has 0 bridgehead atoms. The Kier molecular flexibility index (Phi) is 4.68. The zero-order valence-corrected chi connectivity index (χ0v) is 13.0. The Morgan fingerprint density at radius 2 is 2.14 bits per heavy atom. The topological polar surface area (TPSA) is 141 Å². The van der Waals surface area contributed by atoms with E-state index < -0.39 is 34.5 Å². The molecule has 0 saturated carbocycles. The lowest BCUT2D eigenvalue weighted by Crippen LogP contribution is -2.40. The van der Waals surface area contributed by atoms with Gasteiger partial charge in [0.1, 0.15) is 22.0 Å². The second-order valence-corrected chi connectivity index (χ2v) is 6.52. The fourth-order valence-corrected chi connectivity index (χ4v) is 3.57. The van der Waals surface area contributed by atoms with Gasteiger partial charge in [0.2, 0.25) is 10.0 Å². The summed E-state index contributed by atoms with van der Waals surface area (Å²) in [4.78, 5) is 22.0. The Balaban J connectivity index is 2.19. The number of primary amides is 1. The predicted molar refractivity (Wildman–Crippen MR) is 77.4 cm³/mol. The number of carbonyl (C=O) groups excluding carboxylic acids is 2. The van der Waals surface area contributed by atoms with Crippen molar-refractivity contribution in [3.8, 4) is 0 Å². The van der Waals surface area contributed by atoms with Crippen LogP contribution >= 0.6 is 11.7 Å². The average Bonchev–Trinajstić information content (AvgIpc) is 2.92.